The van der Waals surface area contributed by atoms with Gasteiger partial charge in [-0.15, -0.1) is 0 Å². The molecule has 2 amide bonds. The van der Waals surface area contributed by atoms with Crippen LogP contribution < -0.4 is 20.1 Å². The molecule has 3 rings (SSSR count). The first-order chi connectivity index (χ1) is 16.1. The van der Waals surface area contributed by atoms with Gasteiger partial charge in [0.25, 0.3) is 11.8 Å². The van der Waals surface area contributed by atoms with Gasteiger partial charge in [0.2, 0.25) is 0 Å². The minimum atomic E-state index is -4.61. The third kappa shape index (κ3) is 6.20. The molecule has 0 unspecified atom stereocenters. The number of rotatable bonds is 7. The molecule has 1 atom stereocenters. The second-order valence-corrected chi connectivity index (χ2v) is 7.53. The molecule has 0 saturated heterocycles. The number of halogens is 4. The van der Waals surface area contributed by atoms with Crippen molar-refractivity contribution in [2.75, 3.05) is 17.7 Å². The molecule has 0 saturated carbocycles. The summed E-state index contributed by atoms with van der Waals surface area (Å²) < 4.78 is 49.9. The Morgan fingerprint density at radius 2 is 1.65 bits per heavy atom. The Hall–Kier alpha value is -3.72. The number of ether oxygens (including phenoxy) is 2. The van der Waals surface area contributed by atoms with Crippen molar-refractivity contribution in [1.82, 2.24) is 0 Å². The maximum atomic E-state index is 13.1. The third-order valence-electron chi connectivity index (χ3n) is 4.70. The molecule has 0 aliphatic carbocycles. The fraction of sp³-hybridized carbons (Fsp3) is 0.167. The smallest absolute Gasteiger partial charge is 0.418 e. The van der Waals surface area contributed by atoms with Crippen LogP contribution in [0.15, 0.2) is 66.7 Å². The molecule has 178 valence electrons. The molecule has 0 radical (unpaired) electrons. The SMILES string of the molecule is COc1ccc(NC(=O)c2ccc(O[C@H](C)C(=O)Nc3ccccc3C(F)(F)F)cc2)cc1Cl. The minimum Gasteiger partial charge on any atom is -0.495 e. The van der Waals surface area contributed by atoms with E-state index >= 15 is 0 Å². The van der Waals surface area contributed by atoms with Crippen LogP contribution in [0.3, 0.4) is 0 Å². The van der Waals surface area contributed by atoms with Crippen LogP contribution in [0.5, 0.6) is 11.5 Å². The second kappa shape index (κ2) is 10.5. The number of amides is 2. The van der Waals surface area contributed by atoms with Crippen molar-refractivity contribution in [1.29, 1.82) is 0 Å². The lowest BCUT2D eigenvalue weighted by Crippen LogP contribution is -2.31. The van der Waals surface area contributed by atoms with Gasteiger partial charge in [0.15, 0.2) is 6.10 Å². The highest BCUT2D eigenvalue weighted by Gasteiger charge is 2.34. The molecule has 2 N–H and O–H groups in total. The summed E-state index contributed by atoms with van der Waals surface area (Å²) in [4.78, 5) is 24.8. The number of benzene rings is 3. The highest BCUT2D eigenvalue weighted by Crippen LogP contribution is 2.34. The number of carbonyl (C=O) groups is 2. The third-order valence-corrected chi connectivity index (χ3v) is 4.99. The van der Waals surface area contributed by atoms with Crippen molar-refractivity contribution in [3.05, 3.63) is 82.9 Å². The lowest BCUT2D eigenvalue weighted by Gasteiger charge is -2.17. The fourth-order valence-corrected chi connectivity index (χ4v) is 3.22. The molecule has 0 heterocycles. The highest BCUT2D eigenvalue weighted by molar-refractivity contribution is 6.32. The number of anilines is 2. The number of alkyl halides is 3. The molecule has 6 nitrogen and oxygen atoms in total. The predicted molar refractivity (Wildman–Crippen MR) is 123 cm³/mol. The van der Waals surface area contributed by atoms with E-state index in [-0.39, 0.29) is 11.4 Å². The zero-order valence-electron chi connectivity index (χ0n) is 18.1. The maximum absolute atomic E-state index is 13.1. The first kappa shape index (κ1) is 24.9. The van der Waals surface area contributed by atoms with Gasteiger partial charge in [0, 0.05) is 11.3 Å². The summed E-state index contributed by atoms with van der Waals surface area (Å²) >= 11 is 6.05. The summed E-state index contributed by atoms with van der Waals surface area (Å²) in [5, 5.41) is 5.28. The summed E-state index contributed by atoms with van der Waals surface area (Å²) in [7, 11) is 1.48. The largest absolute Gasteiger partial charge is 0.495 e. The van der Waals surface area contributed by atoms with E-state index < -0.39 is 29.7 Å². The van der Waals surface area contributed by atoms with Crippen LogP contribution in [0.2, 0.25) is 5.02 Å². The number of hydrogen-bond acceptors (Lipinski definition) is 4. The predicted octanol–water partition coefficient (Wildman–Crippen LogP) is 6.03. The summed E-state index contributed by atoms with van der Waals surface area (Å²) in [6.45, 7) is 1.40. The van der Waals surface area contributed by atoms with E-state index in [2.05, 4.69) is 10.6 Å². The Labute approximate surface area is 198 Å². The molecule has 0 aliphatic heterocycles. The van der Waals surface area contributed by atoms with Gasteiger partial charge >= 0.3 is 6.18 Å². The highest BCUT2D eigenvalue weighted by atomic mass is 35.5. The summed E-state index contributed by atoms with van der Waals surface area (Å²) in [6, 6.07) is 15.4. The number of nitrogens with one attached hydrogen (secondary N) is 2. The minimum absolute atomic E-state index is 0.260. The number of hydrogen-bond donors (Lipinski definition) is 2. The number of para-hydroxylation sites is 1. The van der Waals surface area contributed by atoms with Crippen molar-refractivity contribution in [3.8, 4) is 11.5 Å². The molecule has 3 aromatic rings. The van der Waals surface area contributed by atoms with Crippen LogP contribution in [0.4, 0.5) is 24.5 Å². The van der Waals surface area contributed by atoms with Crippen LogP contribution in [-0.2, 0) is 11.0 Å². The monoisotopic (exact) mass is 492 g/mol. The van der Waals surface area contributed by atoms with Crippen LogP contribution in [0.25, 0.3) is 0 Å². The van der Waals surface area contributed by atoms with Gasteiger partial charge in [-0.1, -0.05) is 23.7 Å². The average Bonchev–Trinajstić information content (AvgIpc) is 2.79. The Balaban J connectivity index is 1.61. The van der Waals surface area contributed by atoms with Gasteiger partial charge in [-0.3, -0.25) is 9.59 Å². The summed E-state index contributed by atoms with van der Waals surface area (Å²) in [5.74, 6) is -0.422. The zero-order valence-corrected chi connectivity index (χ0v) is 18.8. The van der Waals surface area contributed by atoms with Crippen LogP contribution >= 0.6 is 11.6 Å². The maximum Gasteiger partial charge on any atom is 0.418 e. The molecule has 0 fully saturated rings. The Kier molecular flexibility index (Phi) is 7.68. The Morgan fingerprint density at radius 3 is 2.26 bits per heavy atom. The van der Waals surface area contributed by atoms with Crippen molar-refractivity contribution < 1.29 is 32.2 Å². The van der Waals surface area contributed by atoms with Crippen molar-refractivity contribution in [2.24, 2.45) is 0 Å². The molecule has 34 heavy (non-hydrogen) atoms. The van der Waals surface area contributed by atoms with Crippen LogP contribution in [0.1, 0.15) is 22.8 Å². The molecule has 10 heteroatoms. The Bertz CT molecular complexity index is 1180. The number of methoxy groups -OCH3 is 1. The molecular weight excluding hydrogens is 473 g/mol. The van der Waals surface area contributed by atoms with E-state index in [1.165, 1.54) is 50.4 Å². The molecule has 0 aromatic heterocycles. The van der Waals surface area contributed by atoms with E-state index in [4.69, 9.17) is 21.1 Å². The molecular formula is C24H20ClF3N2O4. The first-order valence-corrected chi connectivity index (χ1v) is 10.3. The summed E-state index contributed by atoms with van der Waals surface area (Å²) in [5.41, 5.74) is -0.527. The summed E-state index contributed by atoms with van der Waals surface area (Å²) in [6.07, 6.45) is -5.70. The molecule has 0 aliphatic rings. The number of carbonyl (C=O) groups excluding carboxylic acids is 2. The lowest BCUT2D eigenvalue weighted by molar-refractivity contribution is -0.137. The van der Waals surface area contributed by atoms with Gasteiger partial charge in [-0.2, -0.15) is 13.2 Å². The standard InChI is InChI=1S/C24H20ClF3N2O4/c1-14(22(31)30-20-6-4-3-5-18(20)24(26,27)28)34-17-10-7-15(8-11-17)23(32)29-16-9-12-21(33-2)19(25)13-16/h3-14H,1-2H3,(H,29,32)(H,30,31)/t14-/m1/s1. The average molecular weight is 493 g/mol. The second-order valence-electron chi connectivity index (χ2n) is 7.12. The van der Waals surface area contributed by atoms with Crippen LogP contribution in [-0.4, -0.2) is 25.0 Å². The van der Waals surface area contributed by atoms with Crippen molar-refractivity contribution >= 4 is 34.8 Å². The van der Waals surface area contributed by atoms with Gasteiger partial charge in [-0.25, -0.2) is 0 Å². The normalized spacial score (nSPS) is 11.9. The molecule has 0 bridgehead atoms. The zero-order chi connectivity index (χ0) is 24.9. The quantitative estimate of drug-likeness (QED) is 0.422. The Morgan fingerprint density at radius 1 is 0.971 bits per heavy atom. The molecule has 0 spiro atoms. The van der Waals surface area contributed by atoms with Gasteiger partial charge in [0.05, 0.1) is 23.4 Å². The van der Waals surface area contributed by atoms with Crippen molar-refractivity contribution in [3.63, 3.8) is 0 Å². The van der Waals surface area contributed by atoms with Crippen LogP contribution in [0, 0.1) is 0 Å². The van der Waals surface area contributed by atoms with E-state index in [1.54, 1.807) is 18.2 Å². The molecule has 3 aromatic carbocycles. The van der Waals surface area contributed by atoms with Gasteiger partial charge in [0.1, 0.15) is 11.5 Å². The van der Waals surface area contributed by atoms with Crippen molar-refractivity contribution in [2.45, 2.75) is 19.2 Å². The van der Waals surface area contributed by atoms with Gasteiger partial charge in [-0.05, 0) is 61.5 Å². The van der Waals surface area contributed by atoms with Gasteiger partial charge < -0.3 is 20.1 Å². The van der Waals surface area contributed by atoms with E-state index in [0.29, 0.717) is 22.0 Å². The topological polar surface area (TPSA) is 76.7 Å². The van der Waals surface area contributed by atoms with E-state index in [9.17, 15) is 22.8 Å². The lowest BCUT2D eigenvalue weighted by atomic mass is 10.1. The van der Waals surface area contributed by atoms with E-state index in [0.717, 1.165) is 12.1 Å². The fourth-order valence-electron chi connectivity index (χ4n) is 2.96. The first-order valence-electron chi connectivity index (χ1n) is 9.97. The van der Waals surface area contributed by atoms with E-state index in [1.807, 2.05) is 0 Å².